The zero-order chi connectivity index (χ0) is 21.1. The van der Waals surface area contributed by atoms with Gasteiger partial charge in [-0.1, -0.05) is 6.92 Å². The zero-order valence-corrected chi connectivity index (χ0v) is 22.5. The second-order valence-corrected chi connectivity index (χ2v) is 12.4. The third-order valence-corrected chi connectivity index (χ3v) is 9.67. The third-order valence-electron chi connectivity index (χ3n) is 6.10. The molecule has 2 aliphatic rings. The van der Waals surface area contributed by atoms with Gasteiger partial charge in [0.2, 0.25) is 0 Å². The van der Waals surface area contributed by atoms with Crippen molar-refractivity contribution >= 4 is 51.1 Å². The largest absolute Gasteiger partial charge is 0.356 e. The predicted octanol–water partition coefficient (Wildman–Crippen LogP) is 2.62. The van der Waals surface area contributed by atoms with Crippen molar-refractivity contribution in [2.24, 2.45) is 10.9 Å². The molecule has 30 heavy (non-hydrogen) atoms. The molecule has 2 aliphatic heterocycles. The number of nitrogens with zero attached hydrogens (tertiary/aromatic N) is 4. The molecular weight excluding hydrogens is 533 g/mol. The Bertz CT molecular complexity index is 817. The summed E-state index contributed by atoms with van der Waals surface area (Å²) in [7, 11) is -1.26. The fourth-order valence-electron chi connectivity index (χ4n) is 4.05. The van der Waals surface area contributed by atoms with E-state index in [9.17, 15) is 8.42 Å². The van der Waals surface area contributed by atoms with Crippen molar-refractivity contribution in [2.75, 3.05) is 45.5 Å². The minimum atomic E-state index is -3.04. The van der Waals surface area contributed by atoms with E-state index in [0.717, 1.165) is 51.4 Å². The maximum absolute atomic E-state index is 12.2. The zero-order valence-electron chi connectivity index (χ0n) is 18.6. The highest BCUT2D eigenvalue weighted by Crippen LogP contribution is 2.24. The van der Waals surface area contributed by atoms with E-state index in [1.807, 2.05) is 13.8 Å². The van der Waals surface area contributed by atoms with Crippen LogP contribution in [0.5, 0.6) is 0 Å². The molecule has 2 fully saturated rings. The Hall–Kier alpha value is -0.460. The van der Waals surface area contributed by atoms with Crippen LogP contribution in [0.1, 0.15) is 44.3 Å². The molecular formula is C20H36IN5O2S2. The highest BCUT2D eigenvalue weighted by atomic mass is 127. The summed E-state index contributed by atoms with van der Waals surface area (Å²) >= 11 is 1.76. The molecule has 0 atom stereocenters. The fourth-order valence-corrected chi connectivity index (χ4v) is 6.16. The molecule has 1 N–H and O–H groups in total. The summed E-state index contributed by atoms with van der Waals surface area (Å²) in [6.07, 6.45) is 3.34. The fraction of sp³-hybridized carbons (Fsp3) is 0.800. The van der Waals surface area contributed by atoms with E-state index < -0.39 is 14.6 Å². The molecule has 0 aliphatic carbocycles. The molecule has 7 nitrogen and oxygen atoms in total. The van der Waals surface area contributed by atoms with Gasteiger partial charge in [-0.2, -0.15) is 0 Å². The topological polar surface area (TPSA) is 77.9 Å². The number of sulfone groups is 1. The molecule has 0 saturated carbocycles. The van der Waals surface area contributed by atoms with Crippen LogP contribution in [0, 0.1) is 5.92 Å². The number of aromatic nitrogens is 1. The molecule has 10 heteroatoms. The number of guanidine groups is 1. The van der Waals surface area contributed by atoms with Crippen LogP contribution in [0.2, 0.25) is 0 Å². The maximum atomic E-state index is 12.2. The number of hydrogen-bond donors (Lipinski definition) is 1. The average molecular weight is 570 g/mol. The third kappa shape index (κ3) is 6.29. The Morgan fingerprint density at radius 2 is 2.03 bits per heavy atom. The Kier molecular flexibility index (Phi) is 9.38. The molecule has 1 aromatic rings. The minimum absolute atomic E-state index is 0. The van der Waals surface area contributed by atoms with Crippen molar-refractivity contribution in [2.45, 2.75) is 51.3 Å². The van der Waals surface area contributed by atoms with Crippen molar-refractivity contribution in [3.63, 3.8) is 0 Å². The second kappa shape index (κ2) is 10.9. The summed E-state index contributed by atoms with van der Waals surface area (Å²) in [5.74, 6) is 1.63. The van der Waals surface area contributed by atoms with Crippen LogP contribution < -0.4 is 5.32 Å². The summed E-state index contributed by atoms with van der Waals surface area (Å²) in [6.45, 7) is 10.8. The van der Waals surface area contributed by atoms with Gasteiger partial charge in [0.25, 0.3) is 0 Å². The van der Waals surface area contributed by atoms with Crippen LogP contribution >= 0.6 is 35.3 Å². The summed E-state index contributed by atoms with van der Waals surface area (Å²) in [5, 5.41) is 6.91. The molecule has 2 saturated heterocycles. The Morgan fingerprint density at radius 1 is 1.33 bits per heavy atom. The number of halogens is 1. The molecule has 3 heterocycles. The van der Waals surface area contributed by atoms with Gasteiger partial charge in [0.1, 0.15) is 0 Å². The Labute approximate surface area is 202 Å². The van der Waals surface area contributed by atoms with E-state index in [1.54, 1.807) is 18.4 Å². The maximum Gasteiger partial charge on any atom is 0.193 e. The molecule has 3 rings (SSSR count). The molecule has 1 aromatic heterocycles. The lowest BCUT2D eigenvalue weighted by molar-refractivity contribution is 0.176. The Morgan fingerprint density at radius 3 is 2.60 bits per heavy atom. The van der Waals surface area contributed by atoms with Crippen molar-refractivity contribution in [3.05, 3.63) is 16.1 Å². The first kappa shape index (κ1) is 25.8. The highest BCUT2D eigenvalue weighted by molar-refractivity contribution is 14.0. The first-order chi connectivity index (χ1) is 13.7. The van der Waals surface area contributed by atoms with Crippen LogP contribution in [-0.4, -0.2) is 79.4 Å². The molecule has 0 radical (unpaired) electrons. The van der Waals surface area contributed by atoms with Crippen molar-refractivity contribution < 1.29 is 8.42 Å². The van der Waals surface area contributed by atoms with Crippen molar-refractivity contribution in [1.29, 1.82) is 0 Å². The predicted molar refractivity (Wildman–Crippen MR) is 136 cm³/mol. The van der Waals surface area contributed by atoms with Gasteiger partial charge in [0.15, 0.2) is 15.8 Å². The number of rotatable bonds is 5. The van der Waals surface area contributed by atoms with E-state index in [-0.39, 0.29) is 29.7 Å². The number of hydrogen-bond acceptors (Lipinski definition) is 6. The first-order valence-electron chi connectivity index (χ1n) is 10.6. The summed E-state index contributed by atoms with van der Waals surface area (Å²) < 4.78 is 23.8. The van der Waals surface area contributed by atoms with E-state index in [4.69, 9.17) is 0 Å². The van der Waals surface area contributed by atoms with Gasteiger partial charge in [-0.05, 0) is 52.1 Å². The number of likely N-dealkylation sites (tertiary alicyclic amines) is 1. The van der Waals surface area contributed by atoms with Crippen LogP contribution in [0.25, 0.3) is 0 Å². The Balaban J connectivity index is 0.00000320. The van der Waals surface area contributed by atoms with E-state index in [0.29, 0.717) is 19.0 Å². The molecule has 0 bridgehead atoms. The van der Waals surface area contributed by atoms with Gasteiger partial charge in [0, 0.05) is 38.6 Å². The lowest BCUT2D eigenvalue weighted by Gasteiger charge is -2.39. The second-order valence-electron chi connectivity index (χ2n) is 8.73. The summed E-state index contributed by atoms with van der Waals surface area (Å²) in [4.78, 5) is 13.7. The standard InChI is InChI=1S/C20H35N5O2S2.HI/c1-5-18-23-17(14-28-18)13-24-8-6-16(7-9-24)12-22-19(21-4)25-10-11-29(26,27)20(2,3)15-25;/h14,16H,5-13,15H2,1-4H3,(H,21,22);1H. The van der Waals surface area contributed by atoms with Crippen LogP contribution in [0.4, 0.5) is 0 Å². The summed E-state index contributed by atoms with van der Waals surface area (Å²) in [5.41, 5.74) is 1.20. The smallest absolute Gasteiger partial charge is 0.193 e. The number of aryl methyl sites for hydroxylation is 1. The quantitative estimate of drug-likeness (QED) is 0.334. The van der Waals surface area contributed by atoms with Gasteiger partial charge in [-0.25, -0.2) is 13.4 Å². The molecule has 0 aromatic carbocycles. The highest BCUT2D eigenvalue weighted by Gasteiger charge is 2.41. The lowest BCUT2D eigenvalue weighted by Crippen LogP contribution is -2.57. The number of aliphatic imine (C=N–C) groups is 1. The molecule has 0 unspecified atom stereocenters. The molecule has 0 amide bonds. The van der Waals surface area contributed by atoms with Crippen molar-refractivity contribution in [3.8, 4) is 0 Å². The van der Waals surface area contributed by atoms with Crippen LogP contribution in [0.3, 0.4) is 0 Å². The summed E-state index contributed by atoms with van der Waals surface area (Å²) in [6, 6.07) is 0. The SMILES string of the molecule is CCc1nc(CN2CCC(CNC(=NC)N3CCS(=O)(=O)C(C)(C)C3)CC2)cs1.I. The van der Waals surface area contributed by atoms with Gasteiger partial charge < -0.3 is 10.2 Å². The molecule has 0 spiro atoms. The van der Waals surface area contributed by atoms with Gasteiger partial charge in [-0.15, -0.1) is 35.3 Å². The van der Waals surface area contributed by atoms with Crippen LogP contribution in [-0.2, 0) is 22.8 Å². The monoisotopic (exact) mass is 569 g/mol. The lowest BCUT2D eigenvalue weighted by atomic mass is 9.97. The van der Waals surface area contributed by atoms with Gasteiger partial charge in [-0.3, -0.25) is 9.89 Å². The van der Waals surface area contributed by atoms with Gasteiger partial charge in [0.05, 0.1) is 21.2 Å². The number of thiazole rings is 1. The average Bonchev–Trinajstić information content (AvgIpc) is 3.14. The molecule has 172 valence electrons. The van der Waals surface area contributed by atoms with E-state index >= 15 is 0 Å². The van der Waals surface area contributed by atoms with E-state index in [1.165, 1.54) is 10.7 Å². The van der Waals surface area contributed by atoms with Crippen molar-refractivity contribution in [1.82, 2.24) is 20.1 Å². The minimum Gasteiger partial charge on any atom is -0.356 e. The normalized spacial score (nSPS) is 22.5. The van der Waals surface area contributed by atoms with E-state index in [2.05, 4.69) is 37.4 Å². The van der Waals surface area contributed by atoms with Gasteiger partial charge >= 0.3 is 0 Å². The number of nitrogens with one attached hydrogen (secondary N) is 1. The number of piperidine rings is 1. The first-order valence-corrected chi connectivity index (χ1v) is 13.1. The van der Waals surface area contributed by atoms with Crippen LogP contribution in [0.15, 0.2) is 10.4 Å².